The van der Waals surface area contributed by atoms with E-state index in [1.54, 1.807) is 0 Å². The average Bonchev–Trinajstić information content (AvgIpc) is 2.90. The Hall–Kier alpha value is -2.52. The van der Waals surface area contributed by atoms with Crippen LogP contribution in [0.15, 0.2) is 109 Å². The highest BCUT2D eigenvalue weighted by Crippen LogP contribution is 2.40. The van der Waals surface area contributed by atoms with Crippen molar-refractivity contribution in [1.29, 1.82) is 0 Å². The zero-order valence-corrected chi connectivity index (χ0v) is 23.2. The standard InChI is InChI=1S/C31H20Cl5N/c32-24-9-1-19(2-10-24)29(20-3-11-25(33)12-4-20)23-17-28(31(36)37-18-23)30(21-5-13-26(34)14-6-21)22-7-15-27(35)16-8-22/h1-18,29-30H. The molecule has 5 rings (SSSR count). The Morgan fingerprint density at radius 3 is 1.08 bits per heavy atom. The second-order valence-corrected chi connectivity index (χ2v) is 10.8. The van der Waals surface area contributed by atoms with Crippen molar-refractivity contribution in [1.82, 2.24) is 4.98 Å². The lowest BCUT2D eigenvalue weighted by Crippen LogP contribution is -2.09. The molecule has 1 nitrogen and oxygen atoms in total. The zero-order chi connectivity index (χ0) is 25.9. The fourth-order valence-corrected chi connectivity index (χ4v) is 5.31. The van der Waals surface area contributed by atoms with Crippen LogP contribution in [0.4, 0.5) is 0 Å². The summed E-state index contributed by atoms with van der Waals surface area (Å²) in [5.74, 6) is -0.278. The van der Waals surface area contributed by atoms with Crippen LogP contribution in [0.25, 0.3) is 0 Å². The molecule has 184 valence electrons. The monoisotopic (exact) mass is 581 g/mol. The number of pyridine rings is 1. The van der Waals surface area contributed by atoms with Gasteiger partial charge in [-0.15, -0.1) is 0 Å². The van der Waals surface area contributed by atoms with Gasteiger partial charge in [-0.3, -0.25) is 0 Å². The van der Waals surface area contributed by atoms with Crippen molar-refractivity contribution in [2.45, 2.75) is 11.8 Å². The summed E-state index contributed by atoms with van der Waals surface area (Å²) in [4.78, 5) is 4.65. The lowest BCUT2D eigenvalue weighted by atomic mass is 9.82. The van der Waals surface area contributed by atoms with E-state index in [9.17, 15) is 0 Å². The first kappa shape index (κ1) is 26.1. The van der Waals surface area contributed by atoms with Crippen LogP contribution in [0.2, 0.25) is 25.2 Å². The predicted molar refractivity (Wildman–Crippen MR) is 157 cm³/mol. The Balaban J connectivity index is 1.69. The summed E-state index contributed by atoms with van der Waals surface area (Å²) in [5.41, 5.74) is 6.13. The predicted octanol–water partition coefficient (Wildman–Crippen LogP) is 10.7. The van der Waals surface area contributed by atoms with Gasteiger partial charge < -0.3 is 0 Å². The summed E-state index contributed by atoms with van der Waals surface area (Å²) in [7, 11) is 0. The third-order valence-corrected chi connectivity index (χ3v) is 7.67. The molecule has 0 unspecified atom stereocenters. The van der Waals surface area contributed by atoms with Crippen LogP contribution in [0.3, 0.4) is 0 Å². The van der Waals surface area contributed by atoms with Gasteiger partial charge in [0.2, 0.25) is 0 Å². The molecule has 0 spiro atoms. The fraction of sp³-hybridized carbons (Fsp3) is 0.0645. The van der Waals surface area contributed by atoms with Gasteiger partial charge in [0.15, 0.2) is 0 Å². The number of benzene rings is 4. The van der Waals surface area contributed by atoms with Gasteiger partial charge in [-0.1, -0.05) is 107 Å². The molecule has 5 aromatic rings. The van der Waals surface area contributed by atoms with Crippen molar-refractivity contribution in [3.05, 3.63) is 168 Å². The number of hydrogen-bond acceptors (Lipinski definition) is 1. The SMILES string of the molecule is Clc1ccc(C(c2ccc(Cl)cc2)c2cnc(Cl)c(C(c3ccc(Cl)cc3)c3ccc(Cl)cc3)c2)cc1. The normalized spacial score (nSPS) is 11.3. The fourth-order valence-electron chi connectivity index (χ4n) is 4.59. The van der Waals surface area contributed by atoms with E-state index in [4.69, 9.17) is 58.0 Å². The molecule has 0 aliphatic heterocycles. The summed E-state index contributed by atoms with van der Waals surface area (Å²) in [5, 5.41) is 3.13. The molecule has 4 aromatic carbocycles. The summed E-state index contributed by atoms with van der Waals surface area (Å²) in [6.45, 7) is 0. The molecule has 0 atom stereocenters. The maximum atomic E-state index is 6.79. The molecular formula is C31H20Cl5N. The first-order chi connectivity index (χ1) is 17.9. The van der Waals surface area contributed by atoms with E-state index in [0.717, 1.165) is 33.4 Å². The Morgan fingerprint density at radius 2 is 0.730 bits per heavy atom. The first-order valence-electron chi connectivity index (χ1n) is 11.6. The van der Waals surface area contributed by atoms with E-state index in [-0.39, 0.29) is 11.8 Å². The smallest absolute Gasteiger partial charge is 0.133 e. The minimum Gasteiger partial charge on any atom is -0.244 e. The number of halogens is 5. The van der Waals surface area contributed by atoms with E-state index in [1.807, 2.05) is 103 Å². The molecule has 0 N–H and O–H groups in total. The molecule has 1 heterocycles. The van der Waals surface area contributed by atoms with Crippen LogP contribution >= 0.6 is 58.0 Å². The van der Waals surface area contributed by atoms with Crippen LogP contribution in [-0.4, -0.2) is 4.98 Å². The molecule has 0 radical (unpaired) electrons. The highest BCUT2D eigenvalue weighted by Gasteiger charge is 2.24. The molecule has 0 amide bonds. The molecular weight excluding hydrogens is 564 g/mol. The highest BCUT2D eigenvalue weighted by atomic mass is 35.5. The summed E-state index contributed by atoms with van der Waals surface area (Å²) in [6.07, 6.45) is 1.83. The van der Waals surface area contributed by atoms with Crippen molar-refractivity contribution in [2.24, 2.45) is 0 Å². The van der Waals surface area contributed by atoms with Crippen LogP contribution in [0, 0.1) is 0 Å². The first-order valence-corrected chi connectivity index (χ1v) is 13.5. The molecule has 0 aliphatic carbocycles. The third-order valence-electron chi connectivity index (χ3n) is 6.35. The summed E-state index contributed by atoms with van der Waals surface area (Å²) < 4.78 is 0. The van der Waals surface area contributed by atoms with Gasteiger partial charge in [-0.2, -0.15) is 0 Å². The molecule has 37 heavy (non-hydrogen) atoms. The molecule has 0 aliphatic rings. The minimum atomic E-state index is -0.175. The van der Waals surface area contributed by atoms with Crippen molar-refractivity contribution >= 4 is 58.0 Å². The van der Waals surface area contributed by atoms with Crippen molar-refractivity contribution in [3.63, 3.8) is 0 Å². The van der Waals surface area contributed by atoms with Gasteiger partial charge >= 0.3 is 0 Å². The largest absolute Gasteiger partial charge is 0.244 e. The summed E-state index contributed by atoms with van der Waals surface area (Å²) in [6, 6.07) is 33.5. The Bertz CT molecular complexity index is 1410. The quantitative estimate of drug-likeness (QED) is 0.181. The lowest BCUT2D eigenvalue weighted by molar-refractivity contribution is 0.919. The number of rotatable bonds is 6. The molecule has 0 bridgehead atoms. The van der Waals surface area contributed by atoms with Gasteiger partial charge in [-0.05, 0) is 82.4 Å². The maximum Gasteiger partial charge on any atom is 0.133 e. The Kier molecular flexibility index (Phi) is 8.09. The molecule has 6 heteroatoms. The van der Waals surface area contributed by atoms with E-state index < -0.39 is 0 Å². The van der Waals surface area contributed by atoms with Crippen LogP contribution in [0.1, 0.15) is 45.2 Å². The van der Waals surface area contributed by atoms with Crippen LogP contribution in [0.5, 0.6) is 0 Å². The molecule has 0 saturated heterocycles. The third kappa shape index (κ3) is 5.98. The molecule has 1 aromatic heterocycles. The van der Waals surface area contributed by atoms with Crippen molar-refractivity contribution < 1.29 is 0 Å². The van der Waals surface area contributed by atoms with Gasteiger partial charge in [-0.25, -0.2) is 4.98 Å². The second kappa shape index (κ2) is 11.5. The second-order valence-electron chi connectivity index (χ2n) is 8.72. The summed E-state index contributed by atoms with van der Waals surface area (Å²) >= 11 is 31.6. The van der Waals surface area contributed by atoms with Crippen LogP contribution in [-0.2, 0) is 0 Å². The molecule has 0 fully saturated rings. The van der Waals surface area contributed by atoms with E-state index in [1.165, 1.54) is 0 Å². The van der Waals surface area contributed by atoms with Crippen molar-refractivity contribution in [3.8, 4) is 0 Å². The lowest BCUT2D eigenvalue weighted by Gasteiger charge is -2.24. The van der Waals surface area contributed by atoms with Gasteiger partial charge in [0.25, 0.3) is 0 Å². The molecule has 0 saturated carbocycles. The topological polar surface area (TPSA) is 12.9 Å². The number of nitrogens with zero attached hydrogens (tertiary/aromatic N) is 1. The minimum absolute atomic E-state index is 0.103. The maximum absolute atomic E-state index is 6.79. The average molecular weight is 584 g/mol. The van der Waals surface area contributed by atoms with Crippen molar-refractivity contribution in [2.75, 3.05) is 0 Å². The van der Waals surface area contributed by atoms with E-state index >= 15 is 0 Å². The van der Waals surface area contributed by atoms with Gasteiger partial charge in [0, 0.05) is 43.7 Å². The Morgan fingerprint density at radius 1 is 0.405 bits per heavy atom. The van der Waals surface area contributed by atoms with Crippen LogP contribution < -0.4 is 0 Å². The van der Waals surface area contributed by atoms with E-state index in [0.29, 0.717) is 25.2 Å². The zero-order valence-electron chi connectivity index (χ0n) is 19.4. The van der Waals surface area contributed by atoms with E-state index in [2.05, 4.69) is 11.1 Å². The highest BCUT2D eigenvalue weighted by molar-refractivity contribution is 6.31. The number of aromatic nitrogens is 1. The van der Waals surface area contributed by atoms with Gasteiger partial charge in [0.05, 0.1) is 0 Å². The number of hydrogen-bond donors (Lipinski definition) is 0. The van der Waals surface area contributed by atoms with Gasteiger partial charge in [0.1, 0.15) is 5.15 Å². The Labute approximate surface area is 241 Å².